The molecule has 0 bridgehead atoms. The first kappa shape index (κ1) is 19.2. The second-order valence-corrected chi connectivity index (χ2v) is 6.66. The lowest BCUT2D eigenvalue weighted by Gasteiger charge is -2.08. The van der Waals surface area contributed by atoms with Crippen LogP contribution in [-0.4, -0.2) is 24.8 Å². The highest BCUT2D eigenvalue weighted by atomic mass is 16.7. The molecule has 7 nitrogen and oxygen atoms in total. The fraction of sp³-hybridized carbons (Fsp3) is 0.0870. The van der Waals surface area contributed by atoms with Crippen LogP contribution in [0.4, 0.5) is 5.69 Å². The van der Waals surface area contributed by atoms with E-state index in [9.17, 15) is 9.59 Å². The molecule has 0 fully saturated rings. The molecular formula is C23H19N3O4. The predicted molar refractivity (Wildman–Crippen MR) is 113 cm³/mol. The molecule has 4 rings (SSSR count). The highest BCUT2D eigenvalue weighted by Crippen LogP contribution is 2.31. The van der Waals surface area contributed by atoms with Gasteiger partial charge in [-0.2, -0.15) is 5.10 Å². The highest BCUT2D eigenvalue weighted by Gasteiger charge is 2.13. The third kappa shape index (κ3) is 4.30. The molecule has 0 aliphatic carbocycles. The number of carbonyl (C=O) groups excluding carboxylic acids is 2. The van der Waals surface area contributed by atoms with Gasteiger partial charge in [-0.25, -0.2) is 5.43 Å². The summed E-state index contributed by atoms with van der Waals surface area (Å²) in [5, 5.41) is 6.80. The van der Waals surface area contributed by atoms with E-state index in [0.717, 1.165) is 11.1 Å². The zero-order valence-corrected chi connectivity index (χ0v) is 16.2. The summed E-state index contributed by atoms with van der Waals surface area (Å²) in [6.45, 7) is 2.08. The number of rotatable bonds is 5. The van der Waals surface area contributed by atoms with E-state index in [1.54, 1.807) is 42.5 Å². The van der Waals surface area contributed by atoms with Crippen LogP contribution in [0.2, 0.25) is 0 Å². The van der Waals surface area contributed by atoms with Gasteiger partial charge in [0.15, 0.2) is 11.5 Å². The number of nitrogens with one attached hydrogen (secondary N) is 2. The van der Waals surface area contributed by atoms with E-state index in [2.05, 4.69) is 15.8 Å². The van der Waals surface area contributed by atoms with Crippen LogP contribution in [-0.2, 0) is 0 Å². The molecule has 0 atom stereocenters. The summed E-state index contributed by atoms with van der Waals surface area (Å²) in [7, 11) is 0. The Hall–Kier alpha value is -4.13. The minimum atomic E-state index is -0.358. The van der Waals surface area contributed by atoms with Gasteiger partial charge in [0, 0.05) is 16.8 Å². The largest absolute Gasteiger partial charge is 0.454 e. The van der Waals surface area contributed by atoms with Crippen molar-refractivity contribution in [3.05, 3.63) is 89.0 Å². The van der Waals surface area contributed by atoms with E-state index in [-0.39, 0.29) is 18.6 Å². The molecule has 3 aromatic carbocycles. The van der Waals surface area contributed by atoms with E-state index >= 15 is 0 Å². The molecular weight excluding hydrogens is 382 g/mol. The Labute approximate surface area is 173 Å². The number of fused-ring (bicyclic) bond motifs is 1. The van der Waals surface area contributed by atoms with Crippen molar-refractivity contribution >= 4 is 23.7 Å². The van der Waals surface area contributed by atoms with E-state index in [0.29, 0.717) is 28.3 Å². The van der Waals surface area contributed by atoms with Gasteiger partial charge in [-0.15, -0.1) is 0 Å². The quantitative estimate of drug-likeness (QED) is 0.504. The molecule has 0 aromatic heterocycles. The average molecular weight is 401 g/mol. The zero-order valence-electron chi connectivity index (χ0n) is 16.2. The molecule has 2 amide bonds. The highest BCUT2D eigenvalue weighted by molar-refractivity contribution is 6.05. The van der Waals surface area contributed by atoms with Crippen LogP contribution in [0.5, 0.6) is 11.5 Å². The standard InChI is InChI=1S/C23H19N3O4/c1-15-4-2-3-5-19(15)23(28)25-18-9-7-17(8-10-18)22(27)26-24-13-16-6-11-20-21(12-16)30-14-29-20/h2-13H,14H2,1H3,(H,25,28)(H,26,27)/b24-13-. The number of ether oxygens (including phenoxy) is 2. The summed E-state index contributed by atoms with van der Waals surface area (Å²) in [4.78, 5) is 24.6. The van der Waals surface area contributed by atoms with Gasteiger partial charge >= 0.3 is 0 Å². The van der Waals surface area contributed by atoms with Gasteiger partial charge in [0.25, 0.3) is 11.8 Å². The van der Waals surface area contributed by atoms with Crippen molar-refractivity contribution < 1.29 is 19.1 Å². The first-order valence-electron chi connectivity index (χ1n) is 9.30. The maximum Gasteiger partial charge on any atom is 0.271 e. The fourth-order valence-electron chi connectivity index (χ4n) is 2.95. The Balaban J connectivity index is 1.35. The maximum absolute atomic E-state index is 12.4. The van der Waals surface area contributed by atoms with Gasteiger partial charge in [-0.3, -0.25) is 9.59 Å². The van der Waals surface area contributed by atoms with Crippen molar-refractivity contribution in [3.63, 3.8) is 0 Å². The molecule has 0 unspecified atom stereocenters. The maximum atomic E-state index is 12.4. The molecule has 30 heavy (non-hydrogen) atoms. The van der Waals surface area contributed by atoms with Crippen molar-refractivity contribution in [2.24, 2.45) is 5.10 Å². The smallest absolute Gasteiger partial charge is 0.271 e. The third-order valence-corrected chi connectivity index (χ3v) is 4.57. The normalized spacial score (nSPS) is 12.0. The number of hydrogen-bond donors (Lipinski definition) is 2. The van der Waals surface area contributed by atoms with Crippen LogP contribution in [0.1, 0.15) is 31.8 Å². The summed E-state index contributed by atoms with van der Waals surface area (Å²) >= 11 is 0. The molecule has 150 valence electrons. The molecule has 2 N–H and O–H groups in total. The van der Waals surface area contributed by atoms with Crippen LogP contribution >= 0.6 is 0 Å². The molecule has 0 saturated carbocycles. The van der Waals surface area contributed by atoms with Gasteiger partial charge in [-0.1, -0.05) is 18.2 Å². The molecule has 1 aliphatic heterocycles. The summed E-state index contributed by atoms with van der Waals surface area (Å²) in [5.41, 5.74) is 5.78. The van der Waals surface area contributed by atoms with Crippen molar-refractivity contribution in [1.82, 2.24) is 5.43 Å². The van der Waals surface area contributed by atoms with Crippen LogP contribution in [0.25, 0.3) is 0 Å². The number of benzene rings is 3. The number of hydrazone groups is 1. The van der Waals surface area contributed by atoms with Crippen molar-refractivity contribution in [2.45, 2.75) is 6.92 Å². The average Bonchev–Trinajstić information content (AvgIpc) is 3.22. The summed E-state index contributed by atoms with van der Waals surface area (Å²) in [6.07, 6.45) is 1.52. The number of aryl methyl sites for hydroxylation is 1. The molecule has 0 spiro atoms. The second-order valence-electron chi connectivity index (χ2n) is 6.66. The molecule has 7 heteroatoms. The Morgan fingerprint density at radius 1 is 0.933 bits per heavy atom. The minimum absolute atomic E-state index is 0.196. The van der Waals surface area contributed by atoms with E-state index in [1.165, 1.54) is 6.21 Å². The molecule has 1 aliphatic rings. The summed E-state index contributed by atoms with van der Waals surface area (Å²) in [5.74, 6) is 0.779. The lowest BCUT2D eigenvalue weighted by atomic mass is 10.1. The third-order valence-electron chi connectivity index (χ3n) is 4.57. The van der Waals surface area contributed by atoms with Gasteiger partial charge in [0.1, 0.15) is 0 Å². The molecule has 0 saturated heterocycles. The van der Waals surface area contributed by atoms with Gasteiger partial charge in [-0.05, 0) is 66.6 Å². The number of amides is 2. The molecule has 3 aromatic rings. The van der Waals surface area contributed by atoms with Crippen LogP contribution in [0.3, 0.4) is 0 Å². The topological polar surface area (TPSA) is 89.0 Å². The number of carbonyl (C=O) groups is 2. The Morgan fingerprint density at radius 2 is 1.70 bits per heavy atom. The van der Waals surface area contributed by atoms with E-state index in [4.69, 9.17) is 9.47 Å². The number of hydrogen-bond acceptors (Lipinski definition) is 5. The van der Waals surface area contributed by atoms with Gasteiger partial charge in [0.05, 0.1) is 6.21 Å². The first-order chi connectivity index (χ1) is 14.6. The van der Waals surface area contributed by atoms with Crippen LogP contribution in [0.15, 0.2) is 71.8 Å². The van der Waals surface area contributed by atoms with Crippen molar-refractivity contribution in [3.8, 4) is 11.5 Å². The van der Waals surface area contributed by atoms with Crippen molar-refractivity contribution in [1.29, 1.82) is 0 Å². The fourth-order valence-corrected chi connectivity index (χ4v) is 2.95. The Morgan fingerprint density at radius 3 is 2.50 bits per heavy atom. The van der Waals surface area contributed by atoms with Crippen LogP contribution in [0, 0.1) is 6.92 Å². The Bertz CT molecular complexity index is 1120. The molecule has 0 radical (unpaired) electrons. The van der Waals surface area contributed by atoms with Crippen LogP contribution < -0.4 is 20.2 Å². The predicted octanol–water partition coefficient (Wildman–Crippen LogP) is 3.74. The summed E-state index contributed by atoms with van der Waals surface area (Å²) in [6, 6.07) is 19.3. The Kier molecular flexibility index (Phi) is 5.43. The van der Waals surface area contributed by atoms with Gasteiger partial charge < -0.3 is 14.8 Å². The first-order valence-corrected chi connectivity index (χ1v) is 9.30. The molecule has 1 heterocycles. The monoisotopic (exact) mass is 401 g/mol. The van der Waals surface area contributed by atoms with Crippen molar-refractivity contribution in [2.75, 3.05) is 12.1 Å². The van der Waals surface area contributed by atoms with E-state index < -0.39 is 0 Å². The van der Waals surface area contributed by atoms with Gasteiger partial charge in [0.2, 0.25) is 6.79 Å². The SMILES string of the molecule is Cc1ccccc1C(=O)Nc1ccc(C(=O)N/N=C\c2ccc3c(c2)OCO3)cc1. The zero-order chi connectivity index (χ0) is 20.9. The second kappa shape index (κ2) is 8.48. The lowest BCUT2D eigenvalue weighted by molar-refractivity contribution is 0.0954. The minimum Gasteiger partial charge on any atom is -0.454 e. The summed E-state index contributed by atoms with van der Waals surface area (Å²) < 4.78 is 10.6. The number of nitrogens with zero attached hydrogens (tertiary/aromatic N) is 1. The number of anilines is 1. The lowest BCUT2D eigenvalue weighted by Crippen LogP contribution is -2.18. The van der Waals surface area contributed by atoms with E-state index in [1.807, 2.05) is 31.2 Å².